The van der Waals surface area contributed by atoms with Crippen LogP contribution in [0.3, 0.4) is 0 Å². The van der Waals surface area contributed by atoms with Gasteiger partial charge in [0.15, 0.2) is 0 Å². The van der Waals surface area contributed by atoms with Crippen LogP contribution in [-0.2, 0) is 6.54 Å². The van der Waals surface area contributed by atoms with Gasteiger partial charge in [-0.05, 0) is 19.9 Å². The van der Waals surface area contributed by atoms with Crippen molar-refractivity contribution in [3.05, 3.63) is 46.3 Å². The molecule has 0 bridgehead atoms. The van der Waals surface area contributed by atoms with Gasteiger partial charge < -0.3 is 14.4 Å². The van der Waals surface area contributed by atoms with E-state index in [1.54, 1.807) is 6.20 Å². The van der Waals surface area contributed by atoms with Gasteiger partial charge in [0.2, 0.25) is 5.76 Å². The van der Waals surface area contributed by atoms with Crippen LogP contribution < -0.4 is 10.5 Å². The second-order valence-corrected chi connectivity index (χ2v) is 4.46. The van der Waals surface area contributed by atoms with Gasteiger partial charge >= 0.3 is 5.97 Å². The van der Waals surface area contributed by atoms with Gasteiger partial charge in [0.25, 0.3) is 5.56 Å². The number of aromatic carboxylic acids is 1. The SMILES string of the molecule is CCN(CC)c1cnn(Cc2ccoc2C(=O)O)c(=O)c1. The fraction of sp³-hybridized carbons (Fsp3) is 0.357. The Morgan fingerprint density at radius 1 is 1.43 bits per heavy atom. The van der Waals surface area contributed by atoms with Crippen LogP contribution >= 0.6 is 0 Å². The van der Waals surface area contributed by atoms with Crippen LogP contribution in [0.5, 0.6) is 0 Å². The molecule has 0 unspecified atom stereocenters. The zero-order valence-corrected chi connectivity index (χ0v) is 11.9. The zero-order chi connectivity index (χ0) is 15.4. The molecule has 2 aromatic heterocycles. The first kappa shape index (κ1) is 14.8. The molecule has 7 nitrogen and oxygen atoms in total. The molecule has 2 heterocycles. The maximum absolute atomic E-state index is 12.1. The molecule has 0 fully saturated rings. The van der Waals surface area contributed by atoms with E-state index in [0.717, 1.165) is 18.8 Å². The highest BCUT2D eigenvalue weighted by atomic mass is 16.4. The molecule has 0 spiro atoms. The van der Waals surface area contributed by atoms with Gasteiger partial charge in [0.1, 0.15) is 0 Å². The number of carboxylic acids is 1. The van der Waals surface area contributed by atoms with E-state index in [9.17, 15) is 9.59 Å². The minimum Gasteiger partial charge on any atom is -0.475 e. The van der Waals surface area contributed by atoms with Gasteiger partial charge in [-0.2, -0.15) is 5.10 Å². The Labute approximate surface area is 121 Å². The summed E-state index contributed by atoms with van der Waals surface area (Å²) in [7, 11) is 0. The van der Waals surface area contributed by atoms with Crippen molar-refractivity contribution in [2.45, 2.75) is 20.4 Å². The molecule has 112 valence electrons. The van der Waals surface area contributed by atoms with Crippen LogP contribution in [0.4, 0.5) is 5.69 Å². The van der Waals surface area contributed by atoms with Gasteiger partial charge in [0, 0.05) is 24.7 Å². The Balaban J connectivity index is 2.28. The molecule has 0 atom stereocenters. The molecule has 2 rings (SSSR count). The highest BCUT2D eigenvalue weighted by molar-refractivity contribution is 5.86. The van der Waals surface area contributed by atoms with Gasteiger partial charge in [-0.15, -0.1) is 0 Å². The summed E-state index contributed by atoms with van der Waals surface area (Å²) < 4.78 is 6.10. The fourth-order valence-electron chi connectivity index (χ4n) is 2.11. The number of hydrogen-bond donors (Lipinski definition) is 1. The molecule has 1 N–H and O–H groups in total. The minimum absolute atomic E-state index is 0.0650. The lowest BCUT2D eigenvalue weighted by molar-refractivity contribution is 0.0660. The van der Waals surface area contributed by atoms with Gasteiger partial charge in [-0.1, -0.05) is 0 Å². The number of anilines is 1. The molecule has 0 aliphatic rings. The van der Waals surface area contributed by atoms with E-state index in [0.29, 0.717) is 5.56 Å². The molecule has 0 aliphatic carbocycles. The first-order chi connectivity index (χ1) is 10.1. The normalized spacial score (nSPS) is 10.6. The van der Waals surface area contributed by atoms with Crippen molar-refractivity contribution < 1.29 is 14.3 Å². The molecule has 0 aliphatic heterocycles. The zero-order valence-electron chi connectivity index (χ0n) is 11.9. The second kappa shape index (κ2) is 6.25. The van der Waals surface area contributed by atoms with Crippen LogP contribution in [0.1, 0.15) is 30.0 Å². The number of furan rings is 1. The standard InChI is InChI=1S/C14H17N3O4/c1-3-16(4-2)11-7-12(18)17(15-8-11)9-10-5-6-21-13(10)14(19)20/h5-8H,3-4,9H2,1-2H3,(H,19,20). The van der Waals surface area contributed by atoms with Gasteiger partial charge in [0.05, 0.1) is 24.7 Å². The number of carbonyl (C=O) groups is 1. The molecule has 7 heteroatoms. The molecule has 0 saturated carbocycles. The van der Waals surface area contributed by atoms with E-state index in [2.05, 4.69) is 5.10 Å². The quantitative estimate of drug-likeness (QED) is 0.866. The lowest BCUT2D eigenvalue weighted by atomic mass is 10.2. The maximum Gasteiger partial charge on any atom is 0.372 e. The topological polar surface area (TPSA) is 88.6 Å². The molecule has 0 amide bonds. The molecule has 2 aromatic rings. The Kier molecular flexibility index (Phi) is 4.42. The number of hydrogen-bond acceptors (Lipinski definition) is 5. The monoisotopic (exact) mass is 291 g/mol. The second-order valence-electron chi connectivity index (χ2n) is 4.46. The predicted molar refractivity (Wildman–Crippen MR) is 76.8 cm³/mol. The minimum atomic E-state index is -1.16. The van der Waals surface area contributed by atoms with E-state index >= 15 is 0 Å². The molecule has 21 heavy (non-hydrogen) atoms. The van der Waals surface area contributed by atoms with Crippen molar-refractivity contribution in [3.8, 4) is 0 Å². The summed E-state index contributed by atoms with van der Waals surface area (Å²) in [6.07, 6.45) is 2.89. The average Bonchev–Trinajstić information content (AvgIpc) is 2.91. The summed E-state index contributed by atoms with van der Waals surface area (Å²) in [6.45, 7) is 5.63. The van der Waals surface area contributed by atoms with Crippen LogP contribution in [0, 0.1) is 0 Å². The van der Waals surface area contributed by atoms with E-state index in [-0.39, 0.29) is 17.9 Å². The summed E-state index contributed by atoms with van der Waals surface area (Å²) >= 11 is 0. The summed E-state index contributed by atoms with van der Waals surface area (Å²) in [6, 6.07) is 3.02. The van der Waals surface area contributed by atoms with E-state index in [1.165, 1.54) is 23.1 Å². The Morgan fingerprint density at radius 2 is 2.14 bits per heavy atom. The molecule has 0 saturated heterocycles. The van der Waals surface area contributed by atoms with Crippen molar-refractivity contribution in [2.75, 3.05) is 18.0 Å². The Hall–Kier alpha value is -2.57. The van der Waals surface area contributed by atoms with Crippen LogP contribution in [-0.4, -0.2) is 33.9 Å². The highest BCUT2D eigenvalue weighted by Gasteiger charge is 2.15. The molecular weight excluding hydrogens is 274 g/mol. The smallest absolute Gasteiger partial charge is 0.372 e. The van der Waals surface area contributed by atoms with E-state index in [4.69, 9.17) is 9.52 Å². The Bertz CT molecular complexity index is 686. The third-order valence-electron chi connectivity index (χ3n) is 3.24. The Morgan fingerprint density at radius 3 is 2.71 bits per heavy atom. The summed E-state index contributed by atoms with van der Waals surface area (Å²) in [5.74, 6) is -1.33. The number of carboxylic acid groups (broad SMARTS) is 1. The number of nitrogens with zero attached hydrogens (tertiary/aromatic N) is 3. The van der Waals surface area contributed by atoms with E-state index < -0.39 is 5.97 Å². The lowest BCUT2D eigenvalue weighted by Crippen LogP contribution is -2.28. The summed E-state index contributed by atoms with van der Waals surface area (Å²) in [4.78, 5) is 25.1. The van der Waals surface area contributed by atoms with Crippen molar-refractivity contribution >= 4 is 11.7 Å². The third-order valence-corrected chi connectivity index (χ3v) is 3.24. The summed E-state index contributed by atoms with van der Waals surface area (Å²) in [5, 5.41) is 13.1. The van der Waals surface area contributed by atoms with E-state index in [1.807, 2.05) is 18.7 Å². The first-order valence-corrected chi connectivity index (χ1v) is 6.68. The van der Waals surface area contributed by atoms with Crippen molar-refractivity contribution in [1.82, 2.24) is 9.78 Å². The van der Waals surface area contributed by atoms with Crippen LogP contribution in [0.2, 0.25) is 0 Å². The van der Waals surface area contributed by atoms with Gasteiger partial charge in [-0.25, -0.2) is 9.48 Å². The molecule has 0 radical (unpaired) electrons. The van der Waals surface area contributed by atoms with Gasteiger partial charge in [-0.3, -0.25) is 4.79 Å². The first-order valence-electron chi connectivity index (χ1n) is 6.68. The maximum atomic E-state index is 12.1. The van der Waals surface area contributed by atoms with Crippen molar-refractivity contribution in [3.63, 3.8) is 0 Å². The molecule has 0 aromatic carbocycles. The fourth-order valence-corrected chi connectivity index (χ4v) is 2.11. The predicted octanol–water partition coefficient (Wildman–Crippen LogP) is 1.43. The van der Waals surface area contributed by atoms with Crippen LogP contribution in [0.15, 0.2) is 33.8 Å². The largest absolute Gasteiger partial charge is 0.475 e. The third kappa shape index (κ3) is 3.13. The lowest BCUT2D eigenvalue weighted by Gasteiger charge is -2.20. The number of aromatic nitrogens is 2. The van der Waals surface area contributed by atoms with Crippen molar-refractivity contribution in [2.24, 2.45) is 0 Å². The number of rotatable bonds is 6. The summed E-state index contributed by atoms with van der Waals surface area (Å²) in [5.41, 5.74) is 0.886. The van der Waals surface area contributed by atoms with Crippen molar-refractivity contribution in [1.29, 1.82) is 0 Å². The van der Waals surface area contributed by atoms with Crippen LogP contribution in [0.25, 0.3) is 0 Å². The highest BCUT2D eigenvalue weighted by Crippen LogP contribution is 2.12. The molecular formula is C14H17N3O4. The average molecular weight is 291 g/mol.